The normalized spacial score (nSPS) is 10.7. The molecule has 0 aliphatic rings. The van der Waals surface area contributed by atoms with Crippen molar-refractivity contribution in [1.29, 1.82) is 0 Å². The van der Waals surface area contributed by atoms with E-state index in [1.165, 1.54) is 5.56 Å². The average molecular weight is 399 g/mol. The molecule has 0 aromatic heterocycles. The molecular formula is C16H17Br2NO. The number of nitrogens with one attached hydrogen (secondary N) is 1. The van der Waals surface area contributed by atoms with Crippen LogP contribution in [0.15, 0.2) is 51.4 Å². The first-order valence-electron chi connectivity index (χ1n) is 6.49. The summed E-state index contributed by atoms with van der Waals surface area (Å²) < 4.78 is 7.81. The average Bonchev–Trinajstić information content (AvgIpc) is 2.39. The van der Waals surface area contributed by atoms with E-state index in [1.54, 1.807) is 0 Å². The molecule has 0 atom stereocenters. The summed E-state index contributed by atoms with van der Waals surface area (Å²) >= 11 is 7.02. The summed E-state index contributed by atoms with van der Waals surface area (Å²) in [6, 6.07) is 14.2. The number of anilines is 1. The van der Waals surface area contributed by atoms with E-state index in [4.69, 9.17) is 4.74 Å². The van der Waals surface area contributed by atoms with Crippen molar-refractivity contribution in [1.82, 2.24) is 0 Å². The predicted molar refractivity (Wildman–Crippen MR) is 91.4 cm³/mol. The molecule has 2 aromatic rings. The molecule has 106 valence electrons. The van der Waals surface area contributed by atoms with E-state index in [-0.39, 0.29) is 6.10 Å². The molecule has 4 heteroatoms. The van der Waals surface area contributed by atoms with Gasteiger partial charge in [0.05, 0.1) is 6.10 Å². The van der Waals surface area contributed by atoms with E-state index in [2.05, 4.69) is 55.4 Å². The highest BCUT2D eigenvalue weighted by Gasteiger charge is 2.02. The SMILES string of the molecule is CC(C)Oc1cccc(CNc2cc(Br)ccc2Br)c1. The van der Waals surface area contributed by atoms with Crippen molar-refractivity contribution in [2.45, 2.75) is 26.5 Å². The maximum atomic E-state index is 5.71. The number of hydrogen-bond donors (Lipinski definition) is 1. The Morgan fingerprint density at radius 1 is 1.10 bits per heavy atom. The van der Waals surface area contributed by atoms with Crippen LogP contribution < -0.4 is 10.1 Å². The molecule has 0 radical (unpaired) electrons. The molecule has 0 saturated heterocycles. The summed E-state index contributed by atoms with van der Waals surface area (Å²) in [6.45, 7) is 4.82. The van der Waals surface area contributed by atoms with Gasteiger partial charge in [0.25, 0.3) is 0 Å². The molecule has 2 nitrogen and oxygen atoms in total. The molecular weight excluding hydrogens is 382 g/mol. The number of halogens is 2. The fourth-order valence-electron chi connectivity index (χ4n) is 1.83. The van der Waals surface area contributed by atoms with Crippen LogP contribution in [-0.2, 0) is 6.54 Å². The van der Waals surface area contributed by atoms with Gasteiger partial charge < -0.3 is 10.1 Å². The second-order valence-electron chi connectivity index (χ2n) is 4.79. The first-order valence-corrected chi connectivity index (χ1v) is 8.07. The van der Waals surface area contributed by atoms with Gasteiger partial charge in [-0.25, -0.2) is 0 Å². The quantitative estimate of drug-likeness (QED) is 0.706. The van der Waals surface area contributed by atoms with Crippen LogP contribution in [0.5, 0.6) is 5.75 Å². The molecule has 0 heterocycles. The minimum Gasteiger partial charge on any atom is -0.491 e. The standard InChI is InChI=1S/C16H17Br2NO/c1-11(2)20-14-5-3-4-12(8-14)10-19-16-9-13(17)6-7-15(16)18/h3-9,11,19H,10H2,1-2H3. The van der Waals surface area contributed by atoms with Crippen molar-refractivity contribution in [3.05, 3.63) is 57.0 Å². The summed E-state index contributed by atoms with van der Waals surface area (Å²) in [5, 5.41) is 3.42. The third-order valence-corrected chi connectivity index (χ3v) is 3.87. The molecule has 1 N–H and O–H groups in total. The molecule has 20 heavy (non-hydrogen) atoms. The summed E-state index contributed by atoms with van der Waals surface area (Å²) in [5.41, 5.74) is 2.25. The molecule has 0 bridgehead atoms. The molecule has 0 spiro atoms. The number of rotatable bonds is 5. The molecule has 0 fully saturated rings. The Labute approximate surface area is 136 Å². The molecule has 0 aliphatic heterocycles. The predicted octanol–water partition coefficient (Wildman–Crippen LogP) is 5.61. The highest BCUT2D eigenvalue weighted by molar-refractivity contribution is 9.11. The van der Waals surface area contributed by atoms with E-state index in [0.29, 0.717) is 0 Å². The van der Waals surface area contributed by atoms with Crippen molar-refractivity contribution < 1.29 is 4.74 Å². The third kappa shape index (κ3) is 4.53. The van der Waals surface area contributed by atoms with Gasteiger partial charge >= 0.3 is 0 Å². The number of hydrogen-bond acceptors (Lipinski definition) is 2. The van der Waals surface area contributed by atoms with Crippen molar-refractivity contribution in [3.63, 3.8) is 0 Å². The van der Waals surface area contributed by atoms with Crippen molar-refractivity contribution in [2.75, 3.05) is 5.32 Å². The van der Waals surface area contributed by atoms with Crippen molar-refractivity contribution in [3.8, 4) is 5.75 Å². The van der Waals surface area contributed by atoms with Gasteiger partial charge in [0.2, 0.25) is 0 Å². The summed E-state index contributed by atoms with van der Waals surface area (Å²) in [5.74, 6) is 0.910. The van der Waals surface area contributed by atoms with Gasteiger partial charge in [0.15, 0.2) is 0 Å². The van der Waals surface area contributed by atoms with Crippen LogP contribution in [-0.4, -0.2) is 6.10 Å². The monoisotopic (exact) mass is 397 g/mol. The Morgan fingerprint density at radius 3 is 2.65 bits per heavy atom. The molecule has 0 saturated carbocycles. The largest absolute Gasteiger partial charge is 0.491 e. The van der Waals surface area contributed by atoms with Gasteiger partial charge in [-0.2, -0.15) is 0 Å². The second-order valence-corrected chi connectivity index (χ2v) is 6.56. The molecule has 2 aromatic carbocycles. The number of benzene rings is 2. The Hall–Kier alpha value is -1.000. The summed E-state index contributed by atoms with van der Waals surface area (Å²) in [7, 11) is 0. The molecule has 2 rings (SSSR count). The summed E-state index contributed by atoms with van der Waals surface area (Å²) in [4.78, 5) is 0. The first kappa shape index (κ1) is 15.4. The maximum absolute atomic E-state index is 5.71. The van der Waals surface area contributed by atoms with Crippen LogP contribution in [0.3, 0.4) is 0 Å². The van der Waals surface area contributed by atoms with Gasteiger partial charge in [-0.3, -0.25) is 0 Å². The van der Waals surface area contributed by atoms with E-state index in [1.807, 2.05) is 38.1 Å². The van der Waals surface area contributed by atoms with Crippen molar-refractivity contribution >= 4 is 37.5 Å². The van der Waals surface area contributed by atoms with Crippen LogP contribution >= 0.6 is 31.9 Å². The lowest BCUT2D eigenvalue weighted by Gasteiger charge is -2.12. The zero-order valence-electron chi connectivity index (χ0n) is 11.5. The van der Waals surface area contributed by atoms with Gasteiger partial charge in [-0.1, -0.05) is 28.1 Å². The maximum Gasteiger partial charge on any atom is 0.120 e. The first-order chi connectivity index (χ1) is 9.54. The smallest absolute Gasteiger partial charge is 0.120 e. The van der Waals surface area contributed by atoms with E-state index >= 15 is 0 Å². The lowest BCUT2D eigenvalue weighted by Crippen LogP contribution is -2.06. The van der Waals surface area contributed by atoms with E-state index in [9.17, 15) is 0 Å². The Kier molecular flexibility index (Phi) is 5.49. The van der Waals surface area contributed by atoms with E-state index < -0.39 is 0 Å². The lowest BCUT2D eigenvalue weighted by atomic mass is 10.2. The lowest BCUT2D eigenvalue weighted by molar-refractivity contribution is 0.242. The highest BCUT2D eigenvalue weighted by Crippen LogP contribution is 2.27. The van der Waals surface area contributed by atoms with Crippen LogP contribution in [0.1, 0.15) is 19.4 Å². The Morgan fingerprint density at radius 2 is 1.90 bits per heavy atom. The highest BCUT2D eigenvalue weighted by atomic mass is 79.9. The van der Waals surface area contributed by atoms with Gasteiger partial charge in [-0.05, 0) is 65.7 Å². The second kappa shape index (κ2) is 7.14. The number of ether oxygens (including phenoxy) is 1. The zero-order valence-corrected chi connectivity index (χ0v) is 14.7. The minimum atomic E-state index is 0.192. The third-order valence-electron chi connectivity index (χ3n) is 2.68. The van der Waals surface area contributed by atoms with Crippen LogP contribution in [0.25, 0.3) is 0 Å². The van der Waals surface area contributed by atoms with Crippen molar-refractivity contribution in [2.24, 2.45) is 0 Å². The van der Waals surface area contributed by atoms with Gasteiger partial charge in [0, 0.05) is 21.2 Å². The summed E-state index contributed by atoms with van der Waals surface area (Å²) in [6.07, 6.45) is 0.192. The molecule has 0 unspecified atom stereocenters. The molecule has 0 amide bonds. The van der Waals surface area contributed by atoms with Crippen LogP contribution in [0, 0.1) is 0 Å². The fraction of sp³-hybridized carbons (Fsp3) is 0.250. The van der Waals surface area contributed by atoms with Gasteiger partial charge in [-0.15, -0.1) is 0 Å². The van der Waals surface area contributed by atoms with Crippen LogP contribution in [0.4, 0.5) is 5.69 Å². The van der Waals surface area contributed by atoms with Crippen LogP contribution in [0.2, 0.25) is 0 Å². The topological polar surface area (TPSA) is 21.3 Å². The minimum absolute atomic E-state index is 0.192. The Balaban J connectivity index is 2.05. The fourth-order valence-corrected chi connectivity index (χ4v) is 2.58. The Bertz CT molecular complexity index is 584. The van der Waals surface area contributed by atoms with E-state index in [0.717, 1.165) is 26.9 Å². The zero-order chi connectivity index (χ0) is 14.5. The van der Waals surface area contributed by atoms with Gasteiger partial charge in [0.1, 0.15) is 5.75 Å². The molecule has 0 aliphatic carbocycles.